The monoisotopic (exact) mass is 165 g/mol. The van der Waals surface area contributed by atoms with Crippen molar-refractivity contribution in [1.29, 1.82) is 0 Å². The van der Waals surface area contributed by atoms with Crippen LogP contribution >= 0.6 is 12.4 Å². The predicted molar refractivity (Wildman–Crippen MR) is 40.0 cm³/mol. The molecule has 0 aromatic heterocycles. The molecule has 1 amide bonds. The summed E-state index contributed by atoms with van der Waals surface area (Å²) in [6, 6.07) is 0. The zero-order valence-corrected chi connectivity index (χ0v) is 6.52. The lowest BCUT2D eigenvalue weighted by atomic mass is 10.0. The number of ether oxygens (including phenoxy) is 1. The van der Waals surface area contributed by atoms with Crippen LogP contribution in [-0.2, 0) is 9.53 Å². The van der Waals surface area contributed by atoms with Crippen molar-refractivity contribution in [3.05, 3.63) is 0 Å². The quantitative estimate of drug-likeness (QED) is 0.609. The summed E-state index contributed by atoms with van der Waals surface area (Å²) >= 11 is 0. The van der Waals surface area contributed by atoms with Crippen molar-refractivity contribution < 1.29 is 9.53 Å². The zero-order valence-electron chi connectivity index (χ0n) is 5.71. The van der Waals surface area contributed by atoms with E-state index >= 15 is 0 Å². The van der Waals surface area contributed by atoms with Crippen molar-refractivity contribution in [1.82, 2.24) is 0 Å². The van der Waals surface area contributed by atoms with Crippen LogP contribution in [0.3, 0.4) is 0 Å². The van der Waals surface area contributed by atoms with Gasteiger partial charge in [-0.15, -0.1) is 12.4 Å². The van der Waals surface area contributed by atoms with Gasteiger partial charge in [0.05, 0.1) is 0 Å². The van der Waals surface area contributed by atoms with Gasteiger partial charge in [0, 0.05) is 19.1 Å². The van der Waals surface area contributed by atoms with Crippen molar-refractivity contribution in [3.8, 4) is 0 Å². The van der Waals surface area contributed by atoms with Crippen molar-refractivity contribution in [3.63, 3.8) is 0 Å². The number of carbonyl (C=O) groups excluding carboxylic acids is 1. The van der Waals surface area contributed by atoms with E-state index < -0.39 is 0 Å². The molecule has 1 aliphatic heterocycles. The van der Waals surface area contributed by atoms with Crippen molar-refractivity contribution in [2.45, 2.75) is 12.8 Å². The molecule has 2 N–H and O–H groups in total. The highest BCUT2D eigenvalue weighted by atomic mass is 35.5. The molecule has 4 heteroatoms. The Balaban J connectivity index is 0.000000810. The van der Waals surface area contributed by atoms with Gasteiger partial charge in [-0.2, -0.15) is 0 Å². The van der Waals surface area contributed by atoms with Crippen LogP contribution in [0.5, 0.6) is 0 Å². The maximum absolute atomic E-state index is 10.5. The minimum Gasteiger partial charge on any atom is -0.381 e. The third-order valence-electron chi connectivity index (χ3n) is 1.62. The first-order chi connectivity index (χ1) is 4.30. The van der Waals surface area contributed by atoms with E-state index in [2.05, 4.69) is 0 Å². The number of primary amides is 1. The first-order valence-corrected chi connectivity index (χ1v) is 3.18. The van der Waals surface area contributed by atoms with E-state index in [4.69, 9.17) is 10.5 Å². The standard InChI is InChI=1S/C6H11NO2.ClH/c7-6(8)5-1-3-9-4-2-5;/h5H,1-4H2,(H2,7,8);1H. The lowest BCUT2D eigenvalue weighted by Crippen LogP contribution is -2.28. The lowest BCUT2D eigenvalue weighted by Gasteiger charge is -2.18. The van der Waals surface area contributed by atoms with Gasteiger partial charge >= 0.3 is 0 Å². The Bertz CT molecular complexity index is 112. The molecule has 10 heavy (non-hydrogen) atoms. The molecule has 1 heterocycles. The van der Waals surface area contributed by atoms with Crippen molar-refractivity contribution >= 4 is 18.3 Å². The van der Waals surface area contributed by atoms with E-state index in [1.807, 2.05) is 0 Å². The number of halogens is 1. The molecule has 60 valence electrons. The van der Waals surface area contributed by atoms with Gasteiger partial charge in [-0.1, -0.05) is 0 Å². The maximum Gasteiger partial charge on any atom is 0.220 e. The van der Waals surface area contributed by atoms with Crippen LogP contribution in [-0.4, -0.2) is 19.1 Å². The summed E-state index contributed by atoms with van der Waals surface area (Å²) < 4.78 is 5.04. The van der Waals surface area contributed by atoms with Gasteiger partial charge in [-0.05, 0) is 12.8 Å². The minimum absolute atomic E-state index is 0. The topological polar surface area (TPSA) is 52.3 Å². The van der Waals surface area contributed by atoms with Gasteiger partial charge in [0.2, 0.25) is 5.91 Å². The molecule has 1 aliphatic rings. The Morgan fingerprint density at radius 3 is 2.20 bits per heavy atom. The Hall–Kier alpha value is -0.280. The average Bonchev–Trinajstić information content (AvgIpc) is 1.90. The minimum atomic E-state index is -0.182. The van der Waals surface area contributed by atoms with Crippen LogP contribution in [0.4, 0.5) is 0 Å². The van der Waals surface area contributed by atoms with E-state index in [-0.39, 0.29) is 24.2 Å². The molecule has 3 nitrogen and oxygen atoms in total. The number of rotatable bonds is 1. The Morgan fingerprint density at radius 2 is 1.90 bits per heavy atom. The summed E-state index contributed by atoms with van der Waals surface area (Å²) in [4.78, 5) is 10.5. The van der Waals surface area contributed by atoms with Gasteiger partial charge in [-0.25, -0.2) is 0 Å². The summed E-state index contributed by atoms with van der Waals surface area (Å²) in [5.74, 6) is -0.114. The van der Waals surface area contributed by atoms with Crippen LogP contribution in [0.25, 0.3) is 0 Å². The fourth-order valence-corrected chi connectivity index (χ4v) is 0.982. The summed E-state index contributed by atoms with van der Waals surface area (Å²) in [5.41, 5.74) is 5.07. The van der Waals surface area contributed by atoms with Gasteiger partial charge in [0.15, 0.2) is 0 Å². The van der Waals surface area contributed by atoms with Crippen LogP contribution < -0.4 is 5.73 Å². The van der Waals surface area contributed by atoms with Crippen LogP contribution in [0.15, 0.2) is 0 Å². The average molecular weight is 166 g/mol. The molecule has 1 saturated heterocycles. The first kappa shape index (κ1) is 9.72. The number of hydrogen-bond acceptors (Lipinski definition) is 2. The highest BCUT2D eigenvalue weighted by molar-refractivity contribution is 5.85. The Labute approximate surface area is 66.3 Å². The second-order valence-corrected chi connectivity index (χ2v) is 2.29. The molecule has 0 spiro atoms. The fourth-order valence-electron chi connectivity index (χ4n) is 0.982. The molecular formula is C6H12ClNO2. The summed E-state index contributed by atoms with van der Waals surface area (Å²) in [6.07, 6.45) is 1.60. The summed E-state index contributed by atoms with van der Waals surface area (Å²) in [7, 11) is 0. The molecule has 0 atom stereocenters. The van der Waals surface area contributed by atoms with Crippen LogP contribution in [0.1, 0.15) is 12.8 Å². The van der Waals surface area contributed by atoms with Gasteiger partial charge in [-0.3, -0.25) is 4.79 Å². The number of nitrogens with two attached hydrogens (primary N) is 1. The van der Waals surface area contributed by atoms with E-state index in [1.54, 1.807) is 0 Å². The highest BCUT2D eigenvalue weighted by Gasteiger charge is 2.17. The molecule has 1 rings (SSSR count). The number of carbonyl (C=O) groups is 1. The second-order valence-electron chi connectivity index (χ2n) is 2.29. The molecule has 0 aromatic carbocycles. The molecule has 0 aliphatic carbocycles. The third-order valence-corrected chi connectivity index (χ3v) is 1.62. The van der Waals surface area contributed by atoms with E-state index in [9.17, 15) is 4.79 Å². The van der Waals surface area contributed by atoms with Crippen LogP contribution in [0.2, 0.25) is 0 Å². The predicted octanol–water partition coefficient (Wildman–Crippen LogP) is 0.320. The van der Waals surface area contributed by atoms with Gasteiger partial charge in [0.25, 0.3) is 0 Å². The molecule has 0 aromatic rings. The summed E-state index contributed by atoms with van der Waals surface area (Å²) in [6.45, 7) is 1.38. The molecule has 0 saturated carbocycles. The van der Waals surface area contributed by atoms with Crippen molar-refractivity contribution in [2.24, 2.45) is 11.7 Å². The molecule has 1 fully saturated rings. The molecule has 0 unspecified atom stereocenters. The highest BCUT2D eigenvalue weighted by Crippen LogP contribution is 2.12. The largest absolute Gasteiger partial charge is 0.381 e. The first-order valence-electron chi connectivity index (χ1n) is 3.18. The lowest BCUT2D eigenvalue weighted by molar-refractivity contribution is -0.124. The van der Waals surface area contributed by atoms with Gasteiger partial charge in [0.1, 0.15) is 0 Å². The van der Waals surface area contributed by atoms with Gasteiger partial charge < -0.3 is 10.5 Å². The fraction of sp³-hybridized carbons (Fsp3) is 0.833. The Kier molecular flexibility index (Phi) is 4.40. The molecular weight excluding hydrogens is 154 g/mol. The van der Waals surface area contributed by atoms with E-state index in [0.717, 1.165) is 12.8 Å². The number of hydrogen-bond donors (Lipinski definition) is 1. The van der Waals surface area contributed by atoms with Crippen molar-refractivity contribution in [2.75, 3.05) is 13.2 Å². The maximum atomic E-state index is 10.5. The van der Waals surface area contributed by atoms with Crippen LogP contribution in [0, 0.1) is 5.92 Å². The Morgan fingerprint density at radius 1 is 1.40 bits per heavy atom. The van der Waals surface area contributed by atoms with E-state index in [1.165, 1.54) is 0 Å². The summed E-state index contributed by atoms with van der Waals surface area (Å²) in [5, 5.41) is 0. The smallest absolute Gasteiger partial charge is 0.220 e. The SMILES string of the molecule is Cl.NC(=O)C1CCOCC1. The zero-order chi connectivity index (χ0) is 6.69. The van der Waals surface area contributed by atoms with E-state index in [0.29, 0.717) is 13.2 Å². The molecule has 0 radical (unpaired) electrons. The second kappa shape index (κ2) is 4.52. The number of amides is 1. The third kappa shape index (κ3) is 2.54. The normalized spacial score (nSPS) is 19.6. The molecule has 0 bridgehead atoms.